The molecule has 3 aromatic rings. The maximum absolute atomic E-state index is 13.1. The Balaban J connectivity index is 1.70. The molecule has 0 unspecified atom stereocenters. The largest absolute Gasteiger partial charge is 0.476 e. The van der Waals surface area contributed by atoms with E-state index >= 15 is 0 Å². The molecule has 1 aromatic heterocycles. The van der Waals surface area contributed by atoms with E-state index in [1.807, 2.05) is 12.1 Å². The maximum atomic E-state index is 13.1. The molecule has 0 saturated heterocycles. The van der Waals surface area contributed by atoms with Crippen LogP contribution < -0.4 is 10.4 Å². The molecule has 0 radical (unpaired) electrons. The van der Waals surface area contributed by atoms with Gasteiger partial charge in [-0.2, -0.15) is 18.3 Å². The third-order valence-electron chi connectivity index (χ3n) is 6.41. The fraction of sp³-hybridized carbons (Fsp3) is 0.483. The summed E-state index contributed by atoms with van der Waals surface area (Å²) in [4.78, 5) is 25.0. The zero-order chi connectivity index (χ0) is 28.6. The van der Waals surface area contributed by atoms with Crippen LogP contribution in [-0.4, -0.2) is 33.0 Å². The number of hydrogen-bond acceptors (Lipinski definition) is 5. The van der Waals surface area contributed by atoms with Crippen molar-refractivity contribution < 1.29 is 27.4 Å². The van der Waals surface area contributed by atoms with Gasteiger partial charge in [-0.3, -0.25) is 4.57 Å². The topological polar surface area (TPSA) is 75.3 Å². The molecule has 1 heterocycles. The third-order valence-corrected chi connectivity index (χ3v) is 6.41. The van der Waals surface area contributed by atoms with E-state index in [1.54, 1.807) is 36.6 Å². The molecule has 0 fully saturated rings. The van der Waals surface area contributed by atoms with Crippen LogP contribution in [0.25, 0.3) is 0 Å². The lowest BCUT2D eigenvalue weighted by molar-refractivity contribution is -0.156. The Morgan fingerprint density at radius 3 is 2.33 bits per heavy atom. The minimum absolute atomic E-state index is 0.0279. The number of methoxy groups -OCH3 is 1. The average molecular weight is 548 g/mol. The van der Waals surface area contributed by atoms with Crippen molar-refractivity contribution in [2.75, 3.05) is 7.11 Å². The minimum Gasteiger partial charge on any atom is -0.476 e. The number of ether oxygens (including phenoxy) is 2. The van der Waals surface area contributed by atoms with Gasteiger partial charge in [-0.15, -0.1) is 0 Å². The molecule has 0 aliphatic carbocycles. The summed E-state index contributed by atoms with van der Waals surface area (Å²) >= 11 is 0. The van der Waals surface area contributed by atoms with E-state index in [2.05, 4.69) is 12.0 Å². The Hall–Kier alpha value is -3.56. The number of aromatic nitrogens is 3. The highest BCUT2D eigenvalue weighted by molar-refractivity contribution is 5.78. The van der Waals surface area contributed by atoms with Gasteiger partial charge in [-0.05, 0) is 68.5 Å². The summed E-state index contributed by atoms with van der Waals surface area (Å²) in [7, 11) is 1.31. The molecule has 3 rings (SSSR count). The summed E-state index contributed by atoms with van der Waals surface area (Å²) in [6, 6.07) is 12.4. The van der Waals surface area contributed by atoms with Crippen LogP contribution in [0.4, 0.5) is 13.2 Å². The van der Waals surface area contributed by atoms with Gasteiger partial charge >= 0.3 is 17.8 Å². The highest BCUT2D eigenvalue weighted by Crippen LogP contribution is 2.29. The molecule has 0 spiro atoms. The highest BCUT2D eigenvalue weighted by atomic mass is 19.4. The van der Waals surface area contributed by atoms with Crippen molar-refractivity contribution in [2.24, 2.45) is 0 Å². The van der Waals surface area contributed by atoms with Crippen LogP contribution in [-0.2, 0) is 41.6 Å². The number of esters is 1. The van der Waals surface area contributed by atoms with Crippen LogP contribution in [0, 0.1) is 0 Å². The summed E-state index contributed by atoms with van der Waals surface area (Å²) < 4.78 is 52.8. The second kappa shape index (κ2) is 13.0. The molecule has 7 nitrogen and oxygen atoms in total. The van der Waals surface area contributed by atoms with E-state index in [0.29, 0.717) is 30.1 Å². The molecule has 0 aliphatic rings. The summed E-state index contributed by atoms with van der Waals surface area (Å²) in [6.07, 6.45) is 0.330. The van der Waals surface area contributed by atoms with Crippen molar-refractivity contribution >= 4 is 5.97 Å². The lowest BCUT2D eigenvalue weighted by Gasteiger charge is -2.23. The number of carbonyl (C=O) groups excluding carboxylic acids is 1. The van der Waals surface area contributed by atoms with Gasteiger partial charge in [0.1, 0.15) is 11.6 Å². The van der Waals surface area contributed by atoms with Crippen molar-refractivity contribution in [3.05, 3.63) is 81.5 Å². The first-order valence-corrected chi connectivity index (χ1v) is 13.1. The highest BCUT2D eigenvalue weighted by Gasteiger charge is 2.31. The van der Waals surface area contributed by atoms with E-state index in [4.69, 9.17) is 9.47 Å². The normalized spacial score (nSPS) is 12.0. The average Bonchev–Trinajstić information content (AvgIpc) is 3.18. The Kier molecular flexibility index (Phi) is 9.99. The Labute approximate surface area is 226 Å². The maximum Gasteiger partial charge on any atom is 0.416 e. The van der Waals surface area contributed by atoms with Crippen LogP contribution in [0.2, 0.25) is 0 Å². The van der Waals surface area contributed by atoms with Gasteiger partial charge in [0.15, 0.2) is 5.60 Å². The molecule has 0 N–H and O–H groups in total. The van der Waals surface area contributed by atoms with Gasteiger partial charge in [0.05, 0.1) is 19.2 Å². The number of nitrogens with zero attached hydrogens (tertiary/aromatic N) is 3. The standard InChI is InChI=1S/C29H36F3N3O4/c1-5-6-7-18-34-25(33-35(27(34)37)20-22-11-8-12-23(19-22)29(30,31)32)13-9-10-21-14-16-24(17-15-21)39-28(2,3)26(36)38-4/h8,11-12,14-17,19H,5-7,9-10,13,18,20H2,1-4H3. The van der Waals surface area contributed by atoms with Crippen molar-refractivity contribution in [3.63, 3.8) is 0 Å². The van der Waals surface area contributed by atoms with Crippen LogP contribution in [0.5, 0.6) is 5.75 Å². The zero-order valence-corrected chi connectivity index (χ0v) is 22.9. The molecule has 0 bridgehead atoms. The lowest BCUT2D eigenvalue weighted by atomic mass is 10.1. The van der Waals surface area contributed by atoms with Gasteiger partial charge in [0.2, 0.25) is 0 Å². The number of halogens is 3. The molecule has 0 amide bonds. The molecule has 2 aromatic carbocycles. The van der Waals surface area contributed by atoms with E-state index < -0.39 is 23.3 Å². The number of hydrogen-bond donors (Lipinski definition) is 0. The fourth-order valence-electron chi connectivity index (χ4n) is 4.29. The van der Waals surface area contributed by atoms with Crippen molar-refractivity contribution in [2.45, 2.75) is 84.2 Å². The lowest BCUT2D eigenvalue weighted by Crippen LogP contribution is -2.39. The molecular formula is C29H36F3N3O4. The van der Waals surface area contributed by atoms with Gasteiger partial charge in [0, 0.05) is 13.0 Å². The van der Waals surface area contributed by atoms with Crippen molar-refractivity contribution in [1.29, 1.82) is 0 Å². The zero-order valence-electron chi connectivity index (χ0n) is 22.9. The predicted octanol–water partition coefficient (Wildman–Crippen LogP) is 5.81. The molecule has 10 heteroatoms. The number of carbonyl (C=O) groups is 1. The van der Waals surface area contributed by atoms with Gasteiger partial charge in [0.25, 0.3) is 0 Å². The molecular weight excluding hydrogens is 511 g/mol. The summed E-state index contributed by atoms with van der Waals surface area (Å²) in [6.45, 7) is 5.85. The fourth-order valence-corrected chi connectivity index (χ4v) is 4.29. The van der Waals surface area contributed by atoms with Gasteiger partial charge in [-0.1, -0.05) is 44.0 Å². The molecule has 0 saturated carbocycles. The Bertz CT molecular complexity index is 1290. The summed E-state index contributed by atoms with van der Waals surface area (Å²) in [5, 5.41) is 4.51. The monoisotopic (exact) mass is 547 g/mol. The second-order valence-corrected chi connectivity index (χ2v) is 10.0. The molecule has 212 valence electrons. The van der Waals surface area contributed by atoms with E-state index in [1.165, 1.54) is 17.9 Å². The molecule has 0 aliphatic heterocycles. The quantitative estimate of drug-likeness (QED) is 0.200. The summed E-state index contributed by atoms with van der Waals surface area (Å²) in [5.41, 5.74) is -0.741. The van der Waals surface area contributed by atoms with Crippen LogP contribution in [0.15, 0.2) is 53.3 Å². The first-order valence-electron chi connectivity index (χ1n) is 13.1. The first kappa shape index (κ1) is 30.0. The van der Waals surface area contributed by atoms with Crippen molar-refractivity contribution in [3.8, 4) is 5.75 Å². The van der Waals surface area contributed by atoms with E-state index in [9.17, 15) is 22.8 Å². The Morgan fingerprint density at radius 1 is 0.974 bits per heavy atom. The van der Waals surface area contributed by atoms with Gasteiger partial charge < -0.3 is 9.47 Å². The van der Waals surface area contributed by atoms with E-state index in [0.717, 1.165) is 49.8 Å². The number of rotatable bonds is 13. The number of alkyl halides is 3. The molecule has 39 heavy (non-hydrogen) atoms. The predicted molar refractivity (Wildman–Crippen MR) is 142 cm³/mol. The first-order chi connectivity index (χ1) is 18.4. The van der Waals surface area contributed by atoms with E-state index in [-0.39, 0.29) is 12.2 Å². The third kappa shape index (κ3) is 8.21. The Morgan fingerprint density at radius 2 is 1.69 bits per heavy atom. The smallest absolute Gasteiger partial charge is 0.416 e. The minimum atomic E-state index is -4.45. The van der Waals surface area contributed by atoms with Gasteiger partial charge in [-0.25, -0.2) is 14.3 Å². The van der Waals surface area contributed by atoms with Crippen LogP contribution >= 0.6 is 0 Å². The summed E-state index contributed by atoms with van der Waals surface area (Å²) in [5.74, 6) is 0.708. The SMILES string of the molecule is CCCCCn1c(CCCc2ccc(OC(C)(C)C(=O)OC)cc2)nn(Cc2cccc(C(F)(F)F)c2)c1=O. The number of aryl methyl sites for hydroxylation is 2. The number of unbranched alkanes of at least 4 members (excludes halogenated alkanes) is 2. The van der Waals surface area contributed by atoms with Crippen LogP contribution in [0.3, 0.4) is 0 Å². The molecule has 0 atom stereocenters. The second-order valence-electron chi connectivity index (χ2n) is 10.0. The number of benzene rings is 2. The van der Waals surface area contributed by atoms with Crippen molar-refractivity contribution in [1.82, 2.24) is 14.3 Å². The van der Waals surface area contributed by atoms with Crippen LogP contribution in [0.1, 0.15) is 69.0 Å².